The van der Waals surface area contributed by atoms with E-state index in [1.807, 2.05) is 32.0 Å². The van der Waals surface area contributed by atoms with Gasteiger partial charge in [-0.05, 0) is 49.2 Å². The molecule has 0 radical (unpaired) electrons. The van der Waals surface area contributed by atoms with Crippen LogP contribution < -0.4 is 10.1 Å². The lowest BCUT2D eigenvalue weighted by Gasteiger charge is -2.09. The van der Waals surface area contributed by atoms with Gasteiger partial charge in [0.25, 0.3) is 5.91 Å². The first kappa shape index (κ1) is 18.2. The van der Waals surface area contributed by atoms with Gasteiger partial charge in [0, 0.05) is 11.8 Å². The van der Waals surface area contributed by atoms with Crippen molar-refractivity contribution < 1.29 is 18.9 Å². The Hall–Kier alpha value is -3.61. The van der Waals surface area contributed by atoms with Gasteiger partial charge in [0.2, 0.25) is 0 Å². The first-order chi connectivity index (χ1) is 13.0. The van der Waals surface area contributed by atoms with Gasteiger partial charge >= 0.3 is 5.69 Å². The molecule has 2 aromatic carbocycles. The molecule has 1 aromatic heterocycles. The van der Waals surface area contributed by atoms with Gasteiger partial charge in [-0.15, -0.1) is 0 Å². The summed E-state index contributed by atoms with van der Waals surface area (Å²) in [6, 6.07) is 14.9. The number of rotatable bonds is 6. The lowest BCUT2D eigenvalue weighted by atomic mass is 10.1. The third-order valence-corrected chi connectivity index (χ3v) is 4.17. The second kappa shape index (κ2) is 7.74. The van der Waals surface area contributed by atoms with Crippen molar-refractivity contribution in [3.05, 3.63) is 87.4 Å². The van der Waals surface area contributed by atoms with E-state index in [0.717, 1.165) is 11.1 Å². The molecule has 3 aromatic rings. The average Bonchev–Trinajstić information content (AvgIpc) is 3.13. The fourth-order valence-corrected chi connectivity index (χ4v) is 2.53. The van der Waals surface area contributed by atoms with E-state index in [9.17, 15) is 14.9 Å². The van der Waals surface area contributed by atoms with Crippen molar-refractivity contribution in [3.8, 4) is 5.75 Å². The number of nitrogens with one attached hydrogen (secondary N) is 1. The summed E-state index contributed by atoms with van der Waals surface area (Å²) in [5.74, 6) is 0.289. The van der Waals surface area contributed by atoms with Crippen LogP contribution in [0.2, 0.25) is 0 Å². The zero-order valence-electron chi connectivity index (χ0n) is 14.9. The minimum atomic E-state index is -0.513. The highest BCUT2D eigenvalue weighted by Crippen LogP contribution is 2.27. The molecule has 1 N–H and O–H groups in total. The number of furan rings is 1. The molecule has 0 saturated heterocycles. The number of benzene rings is 2. The summed E-state index contributed by atoms with van der Waals surface area (Å²) < 4.78 is 11.0. The van der Waals surface area contributed by atoms with Crippen LogP contribution in [0.5, 0.6) is 5.75 Å². The molecule has 0 spiro atoms. The van der Waals surface area contributed by atoms with Gasteiger partial charge in [0.1, 0.15) is 12.4 Å². The predicted octanol–water partition coefficient (Wildman–Crippen LogP) is 4.64. The summed E-state index contributed by atoms with van der Waals surface area (Å²) in [5, 5.41) is 13.8. The smallest absolute Gasteiger partial charge is 0.310 e. The van der Waals surface area contributed by atoms with Crippen LogP contribution in [0.1, 0.15) is 27.4 Å². The standard InChI is InChI=1S/C20H18N2O5/c1-13-6-5-7-16(14(13)2)21-20(23)19-11-10-15(27-19)12-26-18-9-4-3-8-17(18)22(24)25/h3-11H,12H2,1-2H3,(H,21,23). The monoisotopic (exact) mass is 366 g/mol. The second-order valence-corrected chi connectivity index (χ2v) is 5.98. The molecule has 3 rings (SSSR count). The molecule has 0 aliphatic rings. The highest BCUT2D eigenvalue weighted by Gasteiger charge is 2.16. The number of hydrogen-bond donors (Lipinski definition) is 1. The van der Waals surface area contributed by atoms with E-state index in [4.69, 9.17) is 9.15 Å². The van der Waals surface area contributed by atoms with Gasteiger partial charge in [-0.1, -0.05) is 24.3 Å². The molecular formula is C20H18N2O5. The third kappa shape index (κ3) is 4.14. The number of ether oxygens (including phenoxy) is 1. The Morgan fingerprint density at radius 2 is 1.89 bits per heavy atom. The fraction of sp³-hybridized carbons (Fsp3) is 0.150. The quantitative estimate of drug-likeness (QED) is 0.507. The van der Waals surface area contributed by atoms with E-state index >= 15 is 0 Å². The Bertz CT molecular complexity index is 994. The van der Waals surface area contributed by atoms with E-state index in [1.165, 1.54) is 12.1 Å². The van der Waals surface area contributed by atoms with Crippen molar-refractivity contribution in [2.24, 2.45) is 0 Å². The Kier molecular flexibility index (Phi) is 5.21. The van der Waals surface area contributed by atoms with Crippen LogP contribution in [0.25, 0.3) is 0 Å². The summed E-state index contributed by atoms with van der Waals surface area (Å²) in [7, 11) is 0. The first-order valence-corrected chi connectivity index (χ1v) is 8.28. The number of nitrogens with zero attached hydrogens (tertiary/aromatic N) is 1. The normalized spacial score (nSPS) is 10.4. The van der Waals surface area contributed by atoms with Gasteiger partial charge in [0.15, 0.2) is 11.5 Å². The highest BCUT2D eigenvalue weighted by atomic mass is 16.6. The van der Waals surface area contributed by atoms with Crippen molar-refractivity contribution in [3.63, 3.8) is 0 Å². The second-order valence-electron chi connectivity index (χ2n) is 5.98. The van der Waals surface area contributed by atoms with E-state index in [2.05, 4.69) is 5.32 Å². The Labute approximate surface area is 155 Å². The molecular weight excluding hydrogens is 348 g/mol. The summed E-state index contributed by atoms with van der Waals surface area (Å²) in [6.07, 6.45) is 0. The van der Waals surface area contributed by atoms with Crippen molar-refractivity contribution in [2.45, 2.75) is 20.5 Å². The Morgan fingerprint density at radius 3 is 2.67 bits per heavy atom. The molecule has 7 heteroatoms. The fourth-order valence-electron chi connectivity index (χ4n) is 2.53. The lowest BCUT2D eigenvalue weighted by molar-refractivity contribution is -0.386. The van der Waals surface area contributed by atoms with Crippen molar-refractivity contribution in [1.82, 2.24) is 0 Å². The van der Waals surface area contributed by atoms with Crippen molar-refractivity contribution in [1.29, 1.82) is 0 Å². The van der Waals surface area contributed by atoms with Crippen LogP contribution in [0.15, 0.2) is 59.0 Å². The van der Waals surface area contributed by atoms with Crippen LogP contribution in [0.3, 0.4) is 0 Å². The number of nitro benzene ring substituents is 1. The molecule has 138 valence electrons. The third-order valence-electron chi connectivity index (χ3n) is 4.17. The number of para-hydroxylation sites is 2. The van der Waals surface area contributed by atoms with Crippen molar-refractivity contribution >= 4 is 17.3 Å². The maximum absolute atomic E-state index is 12.4. The molecule has 0 aliphatic heterocycles. The van der Waals surface area contributed by atoms with Gasteiger partial charge in [-0.2, -0.15) is 0 Å². The SMILES string of the molecule is Cc1cccc(NC(=O)c2ccc(COc3ccccc3[N+](=O)[O-])o2)c1C. The summed E-state index contributed by atoms with van der Waals surface area (Å²) >= 11 is 0. The largest absolute Gasteiger partial charge is 0.479 e. The molecule has 0 unspecified atom stereocenters. The van der Waals surface area contributed by atoms with Gasteiger partial charge in [-0.3, -0.25) is 14.9 Å². The highest BCUT2D eigenvalue weighted by molar-refractivity contribution is 6.02. The maximum Gasteiger partial charge on any atom is 0.310 e. The maximum atomic E-state index is 12.4. The molecule has 0 aliphatic carbocycles. The van der Waals surface area contributed by atoms with Crippen LogP contribution in [0, 0.1) is 24.0 Å². The lowest BCUT2D eigenvalue weighted by Crippen LogP contribution is -2.12. The number of hydrogen-bond acceptors (Lipinski definition) is 5. The molecule has 0 saturated carbocycles. The molecule has 7 nitrogen and oxygen atoms in total. The summed E-state index contributed by atoms with van der Waals surface area (Å²) in [6.45, 7) is 3.87. The van der Waals surface area contributed by atoms with Gasteiger partial charge in [0.05, 0.1) is 4.92 Å². The van der Waals surface area contributed by atoms with E-state index in [0.29, 0.717) is 11.4 Å². The van der Waals surface area contributed by atoms with Crippen LogP contribution >= 0.6 is 0 Å². The number of amides is 1. The van der Waals surface area contributed by atoms with Gasteiger partial charge in [-0.25, -0.2) is 0 Å². The molecule has 1 heterocycles. The number of aryl methyl sites for hydroxylation is 1. The number of carbonyl (C=O) groups excluding carboxylic acids is 1. The predicted molar refractivity (Wildman–Crippen MR) is 100 cm³/mol. The number of anilines is 1. The number of nitro groups is 1. The van der Waals surface area contributed by atoms with E-state index in [1.54, 1.807) is 24.3 Å². The Balaban J connectivity index is 1.67. The number of carbonyl (C=O) groups is 1. The molecule has 0 fully saturated rings. The molecule has 0 atom stereocenters. The molecule has 27 heavy (non-hydrogen) atoms. The summed E-state index contributed by atoms with van der Waals surface area (Å²) in [4.78, 5) is 22.9. The Morgan fingerprint density at radius 1 is 1.11 bits per heavy atom. The zero-order chi connectivity index (χ0) is 19.4. The van der Waals surface area contributed by atoms with Crippen molar-refractivity contribution in [2.75, 3.05) is 5.32 Å². The van der Waals surface area contributed by atoms with E-state index < -0.39 is 4.92 Å². The van der Waals surface area contributed by atoms with Crippen LogP contribution in [-0.4, -0.2) is 10.8 Å². The topological polar surface area (TPSA) is 94.6 Å². The first-order valence-electron chi connectivity index (χ1n) is 8.28. The van der Waals surface area contributed by atoms with Gasteiger partial charge < -0.3 is 14.5 Å². The average molecular weight is 366 g/mol. The zero-order valence-corrected chi connectivity index (χ0v) is 14.9. The van der Waals surface area contributed by atoms with Crippen LogP contribution in [0.4, 0.5) is 11.4 Å². The summed E-state index contributed by atoms with van der Waals surface area (Å²) in [5.41, 5.74) is 2.65. The van der Waals surface area contributed by atoms with E-state index in [-0.39, 0.29) is 29.7 Å². The van der Waals surface area contributed by atoms with Crippen LogP contribution in [-0.2, 0) is 6.61 Å². The minimum absolute atomic E-state index is 0.0262. The minimum Gasteiger partial charge on any atom is -0.479 e. The molecule has 1 amide bonds. The molecule has 0 bridgehead atoms.